The molecule has 0 aliphatic carbocycles. The second-order valence-electron chi connectivity index (χ2n) is 3.71. The Hall–Kier alpha value is -2.44. The SMILES string of the molecule is CN(C)C(=O)CNC(=O)c1ccc(C(=O)O)nc1. The Kier molecular flexibility index (Phi) is 4.36. The number of rotatable bonds is 4. The molecule has 1 heterocycles. The average Bonchev–Trinajstić information content (AvgIpc) is 2.35. The van der Waals surface area contributed by atoms with Gasteiger partial charge in [-0.1, -0.05) is 0 Å². The van der Waals surface area contributed by atoms with Crippen LogP contribution in [0.25, 0.3) is 0 Å². The lowest BCUT2D eigenvalue weighted by Gasteiger charge is -2.10. The second kappa shape index (κ2) is 5.76. The van der Waals surface area contributed by atoms with Crippen molar-refractivity contribution < 1.29 is 19.5 Å². The van der Waals surface area contributed by atoms with Crippen LogP contribution in [0, 0.1) is 0 Å². The van der Waals surface area contributed by atoms with E-state index in [0.717, 1.165) is 6.20 Å². The van der Waals surface area contributed by atoms with E-state index in [-0.39, 0.29) is 23.7 Å². The molecule has 1 aromatic heterocycles. The number of pyridine rings is 1. The lowest BCUT2D eigenvalue weighted by molar-refractivity contribution is -0.127. The van der Waals surface area contributed by atoms with Gasteiger partial charge in [-0.3, -0.25) is 9.59 Å². The molecule has 0 fully saturated rings. The van der Waals surface area contributed by atoms with E-state index < -0.39 is 11.9 Å². The van der Waals surface area contributed by atoms with Crippen molar-refractivity contribution in [1.29, 1.82) is 0 Å². The van der Waals surface area contributed by atoms with Crippen molar-refractivity contribution in [3.05, 3.63) is 29.6 Å². The second-order valence-corrected chi connectivity index (χ2v) is 3.71. The average molecular weight is 251 g/mol. The van der Waals surface area contributed by atoms with E-state index in [9.17, 15) is 14.4 Å². The molecule has 96 valence electrons. The Balaban J connectivity index is 2.62. The summed E-state index contributed by atoms with van der Waals surface area (Å²) < 4.78 is 0. The zero-order valence-corrected chi connectivity index (χ0v) is 10.0. The number of hydrogen-bond acceptors (Lipinski definition) is 4. The molecule has 2 N–H and O–H groups in total. The minimum absolute atomic E-state index is 0.119. The van der Waals surface area contributed by atoms with Crippen LogP contribution >= 0.6 is 0 Å². The molecule has 7 heteroatoms. The van der Waals surface area contributed by atoms with E-state index in [0.29, 0.717) is 0 Å². The van der Waals surface area contributed by atoms with Crippen LogP contribution in [0.3, 0.4) is 0 Å². The van der Waals surface area contributed by atoms with E-state index in [1.807, 2.05) is 0 Å². The molecule has 18 heavy (non-hydrogen) atoms. The van der Waals surface area contributed by atoms with Gasteiger partial charge in [-0.2, -0.15) is 0 Å². The molecule has 0 aliphatic heterocycles. The van der Waals surface area contributed by atoms with Crippen molar-refractivity contribution in [1.82, 2.24) is 15.2 Å². The van der Waals surface area contributed by atoms with Gasteiger partial charge < -0.3 is 15.3 Å². The first kappa shape index (κ1) is 13.6. The molecule has 1 aromatic rings. The van der Waals surface area contributed by atoms with Gasteiger partial charge in [-0.05, 0) is 12.1 Å². The Labute approximate surface area is 103 Å². The first-order valence-corrected chi connectivity index (χ1v) is 5.09. The molecule has 0 atom stereocenters. The van der Waals surface area contributed by atoms with Gasteiger partial charge in [0.05, 0.1) is 12.1 Å². The van der Waals surface area contributed by atoms with Crippen molar-refractivity contribution in [3.8, 4) is 0 Å². The van der Waals surface area contributed by atoms with E-state index >= 15 is 0 Å². The number of carbonyl (C=O) groups is 3. The summed E-state index contributed by atoms with van der Waals surface area (Å²) in [5, 5.41) is 11.0. The predicted molar refractivity (Wildman–Crippen MR) is 62.2 cm³/mol. The zero-order valence-electron chi connectivity index (χ0n) is 10.0. The lowest BCUT2D eigenvalue weighted by Crippen LogP contribution is -2.36. The first-order valence-electron chi connectivity index (χ1n) is 5.09. The quantitative estimate of drug-likeness (QED) is 0.758. The first-order chi connectivity index (χ1) is 8.41. The number of nitrogens with one attached hydrogen (secondary N) is 1. The maximum atomic E-state index is 11.6. The van der Waals surface area contributed by atoms with Gasteiger partial charge in [0.15, 0.2) is 0 Å². The smallest absolute Gasteiger partial charge is 0.354 e. The van der Waals surface area contributed by atoms with Crippen molar-refractivity contribution >= 4 is 17.8 Å². The molecule has 0 saturated heterocycles. The summed E-state index contributed by atoms with van der Waals surface area (Å²) in [6.45, 7) is -0.119. The molecule has 0 aromatic carbocycles. The van der Waals surface area contributed by atoms with E-state index in [2.05, 4.69) is 10.3 Å². The van der Waals surface area contributed by atoms with Gasteiger partial charge in [-0.15, -0.1) is 0 Å². The molecule has 1 rings (SSSR count). The topological polar surface area (TPSA) is 99.6 Å². The highest BCUT2D eigenvalue weighted by molar-refractivity contribution is 5.96. The largest absolute Gasteiger partial charge is 0.477 e. The molecule has 0 radical (unpaired) electrons. The molecule has 0 aliphatic rings. The summed E-state index contributed by atoms with van der Waals surface area (Å²) in [4.78, 5) is 38.3. The molecule has 2 amide bonds. The highest BCUT2D eigenvalue weighted by Crippen LogP contribution is 2.00. The normalized spacial score (nSPS) is 9.67. The number of carboxylic acid groups (broad SMARTS) is 1. The highest BCUT2D eigenvalue weighted by atomic mass is 16.4. The summed E-state index contributed by atoms with van der Waals surface area (Å²) in [5.41, 5.74) is 0.0578. The van der Waals surface area contributed by atoms with Crippen LogP contribution in [-0.4, -0.2) is 53.4 Å². The monoisotopic (exact) mass is 251 g/mol. The number of aromatic nitrogens is 1. The fraction of sp³-hybridized carbons (Fsp3) is 0.273. The van der Waals surface area contributed by atoms with Crippen molar-refractivity contribution in [3.63, 3.8) is 0 Å². The van der Waals surface area contributed by atoms with Crippen LogP contribution in [0.5, 0.6) is 0 Å². The number of amides is 2. The fourth-order valence-electron chi connectivity index (χ4n) is 1.07. The molecular weight excluding hydrogens is 238 g/mol. The van der Waals surface area contributed by atoms with Gasteiger partial charge in [0.2, 0.25) is 5.91 Å². The molecular formula is C11H13N3O4. The van der Waals surface area contributed by atoms with Crippen molar-refractivity contribution in [2.45, 2.75) is 0 Å². The molecule has 0 saturated carbocycles. The van der Waals surface area contributed by atoms with Gasteiger partial charge in [0, 0.05) is 20.3 Å². The summed E-state index contributed by atoms with van der Waals surface area (Å²) in [7, 11) is 3.16. The number of hydrogen-bond donors (Lipinski definition) is 2. The molecule has 0 bridgehead atoms. The highest BCUT2D eigenvalue weighted by Gasteiger charge is 2.11. The van der Waals surface area contributed by atoms with Crippen LogP contribution in [0.4, 0.5) is 0 Å². The van der Waals surface area contributed by atoms with E-state index in [1.54, 1.807) is 14.1 Å². The predicted octanol–water partition coefficient (Wildman–Crippen LogP) is -0.402. The number of aromatic carboxylic acids is 1. The minimum Gasteiger partial charge on any atom is -0.477 e. The lowest BCUT2D eigenvalue weighted by atomic mass is 10.2. The number of carbonyl (C=O) groups excluding carboxylic acids is 2. The maximum absolute atomic E-state index is 11.6. The maximum Gasteiger partial charge on any atom is 0.354 e. The van der Waals surface area contributed by atoms with Gasteiger partial charge in [0.25, 0.3) is 5.91 Å². The molecule has 0 unspecified atom stereocenters. The fourth-order valence-corrected chi connectivity index (χ4v) is 1.07. The summed E-state index contributed by atoms with van der Waals surface area (Å²) in [5.74, 6) is -1.88. The van der Waals surface area contributed by atoms with Crippen molar-refractivity contribution in [2.75, 3.05) is 20.6 Å². The third-order valence-corrected chi connectivity index (χ3v) is 2.14. The van der Waals surface area contributed by atoms with Crippen molar-refractivity contribution in [2.24, 2.45) is 0 Å². The number of carboxylic acids is 1. The van der Waals surface area contributed by atoms with Crippen LogP contribution < -0.4 is 5.32 Å². The van der Waals surface area contributed by atoms with Gasteiger partial charge in [-0.25, -0.2) is 9.78 Å². The van der Waals surface area contributed by atoms with Crippen LogP contribution in [0.1, 0.15) is 20.8 Å². The molecule has 7 nitrogen and oxygen atoms in total. The Morgan fingerprint density at radius 3 is 2.44 bits per heavy atom. The Morgan fingerprint density at radius 2 is 2.00 bits per heavy atom. The van der Waals surface area contributed by atoms with Gasteiger partial charge >= 0.3 is 5.97 Å². The number of likely N-dealkylation sites (N-methyl/N-ethyl adjacent to an activating group) is 1. The Morgan fingerprint density at radius 1 is 1.33 bits per heavy atom. The Bertz CT molecular complexity index is 468. The standard InChI is InChI=1S/C11H13N3O4/c1-14(2)9(15)6-13-10(16)7-3-4-8(11(17)18)12-5-7/h3-5H,6H2,1-2H3,(H,13,16)(H,17,18). The van der Waals surface area contributed by atoms with Crippen LogP contribution in [-0.2, 0) is 4.79 Å². The van der Waals surface area contributed by atoms with E-state index in [1.165, 1.54) is 17.0 Å². The minimum atomic E-state index is -1.16. The van der Waals surface area contributed by atoms with Gasteiger partial charge in [0.1, 0.15) is 5.69 Å². The third-order valence-electron chi connectivity index (χ3n) is 2.14. The third kappa shape index (κ3) is 3.55. The molecule has 0 spiro atoms. The number of nitrogens with zero attached hydrogens (tertiary/aromatic N) is 2. The van der Waals surface area contributed by atoms with Crippen LogP contribution in [0.15, 0.2) is 18.3 Å². The summed E-state index contributed by atoms with van der Waals surface area (Å²) in [6.07, 6.45) is 1.15. The zero-order chi connectivity index (χ0) is 13.7. The van der Waals surface area contributed by atoms with Crippen LogP contribution in [0.2, 0.25) is 0 Å². The summed E-state index contributed by atoms with van der Waals surface area (Å²) >= 11 is 0. The van der Waals surface area contributed by atoms with E-state index in [4.69, 9.17) is 5.11 Å². The summed E-state index contributed by atoms with van der Waals surface area (Å²) in [6, 6.07) is 2.57.